The highest BCUT2D eigenvalue weighted by Gasteiger charge is 2.36. The van der Waals surface area contributed by atoms with E-state index in [0.717, 1.165) is 5.19 Å². The zero-order valence-corrected chi connectivity index (χ0v) is 14.7. The molecule has 2 aromatic rings. The number of hydrogen-bond acceptors (Lipinski definition) is 1. The Morgan fingerprint density at radius 3 is 2.20 bits per heavy atom. The Bertz CT molecular complexity index is 570. The number of halogens is 2. The second kappa shape index (κ2) is 6.63. The average Bonchev–Trinajstić information content (AvgIpc) is 2.47. The van der Waals surface area contributed by atoms with Crippen molar-refractivity contribution < 1.29 is 4.43 Å². The van der Waals surface area contributed by atoms with Crippen LogP contribution in [-0.2, 0) is 0 Å². The van der Waals surface area contributed by atoms with Crippen molar-refractivity contribution in [3.63, 3.8) is 0 Å². The van der Waals surface area contributed by atoms with Gasteiger partial charge in [0.1, 0.15) is 14.5 Å². The molecule has 1 radical (unpaired) electrons. The van der Waals surface area contributed by atoms with Crippen LogP contribution in [0.2, 0.25) is 6.55 Å². The van der Waals surface area contributed by atoms with Gasteiger partial charge in [0, 0.05) is 5.19 Å². The molecule has 0 saturated heterocycles. The summed E-state index contributed by atoms with van der Waals surface area (Å²) in [7, 11) is -0.674. The van der Waals surface area contributed by atoms with E-state index in [1.807, 2.05) is 48.2 Å². The van der Waals surface area contributed by atoms with Gasteiger partial charge in [-0.05, 0) is 12.1 Å². The van der Waals surface area contributed by atoms with Crippen LogP contribution in [0.15, 0.2) is 66.9 Å². The largest absolute Gasteiger partial charge is 0.515 e. The molecule has 2 aromatic carbocycles. The molecule has 5 heteroatoms. The molecule has 0 bridgehead atoms. The van der Waals surface area contributed by atoms with Gasteiger partial charge in [0.25, 0.3) is 0 Å². The number of rotatable bonds is 5. The molecule has 0 fully saturated rings. The lowest BCUT2D eigenvalue weighted by atomic mass is 10.3. The van der Waals surface area contributed by atoms with Crippen LogP contribution in [0, 0.1) is 0 Å². The molecule has 20 heavy (non-hydrogen) atoms. The van der Waals surface area contributed by atoms with E-state index < -0.39 is 15.7 Å². The lowest BCUT2D eigenvalue weighted by Gasteiger charge is -2.19. The molecular formula is C15H15Cl2OSi2. The summed E-state index contributed by atoms with van der Waals surface area (Å²) >= 11 is 12.9. The molecule has 0 atom stereocenters. The molecule has 0 aliphatic carbocycles. The van der Waals surface area contributed by atoms with Crippen molar-refractivity contribution in [3.05, 3.63) is 66.9 Å². The normalized spacial score (nSPS) is 11.4. The zero-order chi connectivity index (χ0) is 14.6. The van der Waals surface area contributed by atoms with Gasteiger partial charge in [-0.25, -0.2) is 0 Å². The Labute approximate surface area is 132 Å². The van der Waals surface area contributed by atoms with Gasteiger partial charge in [0.05, 0.1) is 0 Å². The lowest BCUT2D eigenvalue weighted by molar-refractivity contribution is 0.590. The van der Waals surface area contributed by atoms with Gasteiger partial charge in [0.2, 0.25) is 0 Å². The summed E-state index contributed by atoms with van der Waals surface area (Å²) in [4.78, 5) is 0. The lowest BCUT2D eigenvalue weighted by Crippen LogP contribution is -2.44. The van der Waals surface area contributed by atoms with Gasteiger partial charge in [-0.15, -0.1) is 6.58 Å². The highest BCUT2D eigenvalue weighted by atomic mass is 35.7. The van der Waals surface area contributed by atoms with Crippen LogP contribution in [-0.4, -0.2) is 15.7 Å². The summed E-state index contributed by atoms with van der Waals surface area (Å²) in [5.74, 6) is 0.694. The first-order chi connectivity index (χ1) is 9.53. The van der Waals surface area contributed by atoms with E-state index in [2.05, 4.69) is 25.3 Å². The molecule has 103 valence electrons. The molecular weight excluding hydrogens is 323 g/mol. The van der Waals surface area contributed by atoms with Crippen LogP contribution < -0.4 is 14.8 Å². The highest BCUT2D eigenvalue weighted by Crippen LogP contribution is 2.21. The van der Waals surface area contributed by atoms with Crippen molar-refractivity contribution in [2.24, 2.45) is 0 Å². The molecule has 0 amide bonds. The molecule has 2 rings (SSSR count). The van der Waals surface area contributed by atoms with E-state index in [9.17, 15) is 0 Å². The van der Waals surface area contributed by atoms with E-state index >= 15 is 0 Å². The first kappa shape index (κ1) is 15.4. The van der Waals surface area contributed by atoms with E-state index in [4.69, 9.17) is 26.6 Å². The first-order valence-electron chi connectivity index (χ1n) is 6.22. The summed E-state index contributed by atoms with van der Waals surface area (Å²) in [6.45, 7) is 3.08. The molecule has 0 aromatic heterocycles. The fraction of sp³-hybridized carbons (Fsp3) is 0.0667. The molecule has 0 heterocycles. The molecule has 1 nitrogen and oxygen atoms in total. The van der Waals surface area contributed by atoms with Crippen LogP contribution in [0.3, 0.4) is 0 Å². The SMILES string of the molecule is C=C[Si](C)c1ccc([Si](Cl)(Cl)Oc2ccccc2)cc1. The monoisotopic (exact) mass is 337 g/mol. The molecule has 0 aliphatic heterocycles. The zero-order valence-electron chi connectivity index (χ0n) is 11.1. The third-order valence-electron chi connectivity index (χ3n) is 2.97. The average molecular weight is 338 g/mol. The minimum Gasteiger partial charge on any atom is -0.515 e. The van der Waals surface area contributed by atoms with Crippen LogP contribution in [0.1, 0.15) is 0 Å². The molecule has 0 spiro atoms. The number of para-hydroxylation sites is 1. The summed E-state index contributed by atoms with van der Waals surface area (Å²) in [5.41, 5.74) is 2.01. The quantitative estimate of drug-likeness (QED) is 0.599. The number of hydrogen-bond donors (Lipinski definition) is 0. The van der Waals surface area contributed by atoms with Crippen LogP contribution >= 0.6 is 22.2 Å². The smallest absolute Gasteiger partial charge is 0.484 e. The summed E-state index contributed by atoms with van der Waals surface area (Å²) in [6.07, 6.45) is 0. The first-order valence-corrected chi connectivity index (χ1v) is 12.2. The summed E-state index contributed by atoms with van der Waals surface area (Å²) in [6, 6.07) is 17.5. The Kier molecular flexibility index (Phi) is 5.10. The van der Waals surface area contributed by atoms with E-state index in [1.165, 1.54) is 5.19 Å². The van der Waals surface area contributed by atoms with Crippen molar-refractivity contribution in [1.82, 2.24) is 0 Å². The Balaban J connectivity index is 2.19. The Hall–Kier alpha value is -1.01. The van der Waals surface area contributed by atoms with Crippen LogP contribution in [0.5, 0.6) is 5.75 Å². The second-order valence-corrected chi connectivity index (χ2v) is 12.3. The third kappa shape index (κ3) is 3.76. The van der Waals surface area contributed by atoms with E-state index in [1.54, 1.807) is 0 Å². The topological polar surface area (TPSA) is 9.23 Å². The molecule has 0 aliphatic rings. The number of benzene rings is 2. The summed E-state index contributed by atoms with van der Waals surface area (Å²) in [5, 5.41) is 2.14. The van der Waals surface area contributed by atoms with Crippen LogP contribution in [0.4, 0.5) is 0 Å². The molecule has 0 N–H and O–H groups in total. The van der Waals surface area contributed by atoms with Gasteiger partial charge in [-0.3, -0.25) is 0 Å². The summed E-state index contributed by atoms with van der Waals surface area (Å²) < 4.78 is 5.77. The van der Waals surface area contributed by atoms with E-state index in [0.29, 0.717) is 5.75 Å². The van der Waals surface area contributed by atoms with Gasteiger partial charge in [0.15, 0.2) is 0 Å². The van der Waals surface area contributed by atoms with Crippen LogP contribution in [0.25, 0.3) is 0 Å². The van der Waals surface area contributed by atoms with Gasteiger partial charge >= 0.3 is 6.94 Å². The van der Waals surface area contributed by atoms with Gasteiger partial charge < -0.3 is 4.43 Å². The van der Waals surface area contributed by atoms with Crippen molar-refractivity contribution in [2.45, 2.75) is 6.55 Å². The van der Waals surface area contributed by atoms with E-state index in [-0.39, 0.29) is 0 Å². The highest BCUT2D eigenvalue weighted by molar-refractivity contribution is 7.48. The van der Waals surface area contributed by atoms with Gasteiger partial charge in [-0.2, -0.15) is 0 Å². The standard InChI is InChI=1S/C15H15Cl2OSi2/c1-3-19(2)14-9-11-15(12-10-14)20(16,17)18-13-7-5-4-6-8-13/h3-12H,1H2,2H3. The fourth-order valence-corrected chi connectivity index (χ4v) is 5.06. The van der Waals surface area contributed by atoms with Gasteiger partial charge in [-0.1, -0.05) is 82.1 Å². The van der Waals surface area contributed by atoms with Crippen molar-refractivity contribution in [2.75, 3.05) is 0 Å². The maximum atomic E-state index is 6.43. The minimum absolute atomic E-state index is 0.674. The van der Waals surface area contributed by atoms with Crippen molar-refractivity contribution >= 4 is 48.3 Å². The Morgan fingerprint density at radius 1 is 1.05 bits per heavy atom. The third-order valence-corrected chi connectivity index (χ3v) is 8.10. The fourth-order valence-electron chi connectivity index (χ4n) is 1.74. The second-order valence-electron chi connectivity index (χ2n) is 4.40. The Morgan fingerprint density at radius 2 is 1.65 bits per heavy atom. The predicted molar refractivity (Wildman–Crippen MR) is 92.1 cm³/mol. The molecule has 0 saturated carbocycles. The molecule has 0 unspecified atom stereocenters. The maximum absolute atomic E-state index is 6.43. The minimum atomic E-state index is -2.96. The maximum Gasteiger partial charge on any atom is 0.484 e. The predicted octanol–water partition coefficient (Wildman–Crippen LogP) is 3.45. The van der Waals surface area contributed by atoms with Crippen molar-refractivity contribution in [3.8, 4) is 5.75 Å². The van der Waals surface area contributed by atoms with Crippen molar-refractivity contribution in [1.29, 1.82) is 0 Å².